The van der Waals surface area contributed by atoms with E-state index in [-0.39, 0.29) is 5.97 Å². The molecule has 2 aliphatic rings. The van der Waals surface area contributed by atoms with E-state index in [1.807, 2.05) is 18.2 Å². The maximum absolute atomic E-state index is 12.0. The van der Waals surface area contributed by atoms with Crippen molar-refractivity contribution in [2.45, 2.75) is 30.7 Å². The van der Waals surface area contributed by atoms with Gasteiger partial charge in [0.15, 0.2) is 4.51 Å². The van der Waals surface area contributed by atoms with Gasteiger partial charge in [-0.05, 0) is 47.7 Å². The van der Waals surface area contributed by atoms with E-state index in [0.717, 1.165) is 4.48 Å². The van der Waals surface area contributed by atoms with Crippen LogP contribution in [0, 0.1) is 11.8 Å². The second-order valence-corrected chi connectivity index (χ2v) is 7.08. The molecule has 0 saturated heterocycles. The number of hydrogen-bond donors (Lipinski definition) is 0. The number of allylic oxidation sites excluding steroid dienone is 2. The Morgan fingerprint density at radius 1 is 1.53 bits per heavy atom. The predicted octanol–water partition coefficient (Wildman–Crippen LogP) is 3.92. The number of ether oxygens (including phenoxy) is 2. The van der Waals surface area contributed by atoms with Crippen molar-refractivity contribution >= 4 is 37.8 Å². The SMILES string of the molecule is CCOC(=O)C1C=CC(Br)=CC1(Br)OCC1CCC1. The van der Waals surface area contributed by atoms with Crippen LogP contribution in [0.1, 0.15) is 26.2 Å². The first-order chi connectivity index (χ1) is 9.05. The Labute approximate surface area is 130 Å². The van der Waals surface area contributed by atoms with Gasteiger partial charge in [-0.1, -0.05) is 34.5 Å². The molecule has 106 valence electrons. The van der Waals surface area contributed by atoms with Crippen LogP contribution in [0.5, 0.6) is 0 Å². The van der Waals surface area contributed by atoms with Crippen LogP contribution in [-0.4, -0.2) is 23.7 Å². The van der Waals surface area contributed by atoms with E-state index in [1.165, 1.54) is 19.3 Å². The highest BCUT2D eigenvalue weighted by atomic mass is 79.9. The molecule has 0 aromatic heterocycles. The van der Waals surface area contributed by atoms with Crippen LogP contribution >= 0.6 is 31.9 Å². The quantitative estimate of drug-likeness (QED) is 0.524. The Morgan fingerprint density at radius 3 is 2.84 bits per heavy atom. The standard InChI is InChI=1S/C14H18Br2O3/c1-2-18-13(17)12-7-6-11(15)8-14(12,16)19-9-10-4-3-5-10/h6-8,10,12H,2-5,9H2,1H3. The number of alkyl halides is 1. The summed E-state index contributed by atoms with van der Waals surface area (Å²) in [5.74, 6) is -0.0929. The number of rotatable bonds is 5. The molecule has 5 heteroatoms. The molecule has 2 aliphatic carbocycles. The van der Waals surface area contributed by atoms with Gasteiger partial charge in [0.25, 0.3) is 0 Å². The largest absolute Gasteiger partial charge is 0.465 e. The molecule has 2 atom stereocenters. The molecule has 0 spiro atoms. The predicted molar refractivity (Wildman–Crippen MR) is 81.2 cm³/mol. The molecule has 0 bridgehead atoms. The van der Waals surface area contributed by atoms with Gasteiger partial charge < -0.3 is 9.47 Å². The molecular weight excluding hydrogens is 376 g/mol. The van der Waals surface area contributed by atoms with Crippen molar-refractivity contribution in [3.63, 3.8) is 0 Å². The van der Waals surface area contributed by atoms with Gasteiger partial charge in [-0.25, -0.2) is 0 Å². The van der Waals surface area contributed by atoms with E-state index in [1.54, 1.807) is 6.92 Å². The van der Waals surface area contributed by atoms with E-state index < -0.39 is 10.4 Å². The minimum atomic E-state index is -0.803. The Bertz CT molecular complexity index is 401. The highest BCUT2D eigenvalue weighted by molar-refractivity contribution is 9.12. The Kier molecular flexibility index (Phi) is 5.26. The van der Waals surface area contributed by atoms with E-state index >= 15 is 0 Å². The molecule has 0 heterocycles. The average molecular weight is 394 g/mol. The van der Waals surface area contributed by atoms with Gasteiger partial charge in [-0.3, -0.25) is 4.79 Å². The second kappa shape index (κ2) is 6.55. The minimum Gasteiger partial charge on any atom is -0.465 e. The highest BCUT2D eigenvalue weighted by Crippen LogP contribution is 2.40. The lowest BCUT2D eigenvalue weighted by Gasteiger charge is -2.35. The molecule has 0 aliphatic heterocycles. The molecule has 2 rings (SSSR count). The fourth-order valence-corrected chi connectivity index (χ4v) is 3.67. The topological polar surface area (TPSA) is 35.5 Å². The van der Waals surface area contributed by atoms with Crippen LogP contribution in [-0.2, 0) is 14.3 Å². The fraction of sp³-hybridized carbons (Fsp3) is 0.643. The molecule has 3 nitrogen and oxygen atoms in total. The molecule has 0 amide bonds. The first-order valence-electron chi connectivity index (χ1n) is 6.61. The Morgan fingerprint density at radius 2 is 2.26 bits per heavy atom. The van der Waals surface area contributed by atoms with Gasteiger partial charge in [0.05, 0.1) is 13.2 Å². The zero-order valence-electron chi connectivity index (χ0n) is 10.9. The molecule has 1 fully saturated rings. The average Bonchev–Trinajstić information content (AvgIpc) is 2.26. The van der Waals surface area contributed by atoms with Gasteiger partial charge in [-0.2, -0.15) is 0 Å². The highest BCUT2D eigenvalue weighted by Gasteiger charge is 2.42. The lowest BCUT2D eigenvalue weighted by atomic mass is 9.86. The third-order valence-corrected chi connectivity index (χ3v) is 4.96. The summed E-state index contributed by atoms with van der Waals surface area (Å²) in [6.07, 6.45) is 9.27. The molecular formula is C14H18Br2O3. The van der Waals surface area contributed by atoms with E-state index in [2.05, 4.69) is 31.9 Å². The zero-order chi connectivity index (χ0) is 13.9. The number of hydrogen-bond acceptors (Lipinski definition) is 3. The molecule has 0 radical (unpaired) electrons. The first-order valence-corrected chi connectivity index (χ1v) is 8.20. The minimum absolute atomic E-state index is 0.263. The lowest BCUT2D eigenvalue weighted by molar-refractivity contribution is -0.151. The van der Waals surface area contributed by atoms with Crippen molar-refractivity contribution in [2.24, 2.45) is 11.8 Å². The third-order valence-electron chi connectivity index (χ3n) is 3.51. The lowest BCUT2D eigenvalue weighted by Crippen LogP contribution is -2.40. The number of halogens is 2. The van der Waals surface area contributed by atoms with Gasteiger partial charge in [0.2, 0.25) is 0 Å². The number of esters is 1. The Balaban J connectivity index is 2.06. The second-order valence-electron chi connectivity index (χ2n) is 4.92. The summed E-state index contributed by atoms with van der Waals surface area (Å²) in [7, 11) is 0. The number of carbonyl (C=O) groups excluding carboxylic acids is 1. The molecule has 0 N–H and O–H groups in total. The van der Waals surface area contributed by atoms with Gasteiger partial charge in [-0.15, -0.1) is 0 Å². The van der Waals surface area contributed by atoms with Crippen LogP contribution in [0.2, 0.25) is 0 Å². The van der Waals surface area contributed by atoms with Crippen LogP contribution in [0.15, 0.2) is 22.7 Å². The van der Waals surface area contributed by atoms with Gasteiger partial charge in [0, 0.05) is 4.48 Å². The molecule has 2 unspecified atom stereocenters. The van der Waals surface area contributed by atoms with Crippen molar-refractivity contribution in [3.05, 3.63) is 22.7 Å². The summed E-state index contributed by atoms with van der Waals surface area (Å²) < 4.78 is 11.2. The summed E-state index contributed by atoms with van der Waals surface area (Å²) in [6.45, 7) is 2.85. The van der Waals surface area contributed by atoms with E-state index in [9.17, 15) is 4.79 Å². The smallest absolute Gasteiger partial charge is 0.317 e. The van der Waals surface area contributed by atoms with Crippen molar-refractivity contribution < 1.29 is 14.3 Å². The van der Waals surface area contributed by atoms with Crippen LogP contribution in [0.3, 0.4) is 0 Å². The molecule has 0 aromatic carbocycles. The fourth-order valence-electron chi connectivity index (χ4n) is 2.15. The van der Waals surface area contributed by atoms with E-state index in [4.69, 9.17) is 9.47 Å². The van der Waals surface area contributed by atoms with Gasteiger partial charge in [0.1, 0.15) is 5.92 Å². The summed E-state index contributed by atoms with van der Waals surface area (Å²) >= 11 is 7.00. The Hall–Kier alpha value is -0.130. The zero-order valence-corrected chi connectivity index (χ0v) is 14.1. The summed E-state index contributed by atoms with van der Waals surface area (Å²) in [5, 5.41) is 0. The van der Waals surface area contributed by atoms with Crippen molar-refractivity contribution in [1.82, 2.24) is 0 Å². The summed E-state index contributed by atoms with van der Waals surface area (Å²) in [6, 6.07) is 0. The van der Waals surface area contributed by atoms with Crippen molar-refractivity contribution in [3.8, 4) is 0 Å². The van der Waals surface area contributed by atoms with Crippen LogP contribution in [0.4, 0.5) is 0 Å². The maximum atomic E-state index is 12.0. The van der Waals surface area contributed by atoms with Gasteiger partial charge >= 0.3 is 5.97 Å². The summed E-state index contributed by atoms with van der Waals surface area (Å²) in [4.78, 5) is 12.0. The monoisotopic (exact) mass is 392 g/mol. The van der Waals surface area contributed by atoms with Crippen LogP contribution < -0.4 is 0 Å². The van der Waals surface area contributed by atoms with E-state index in [0.29, 0.717) is 19.1 Å². The van der Waals surface area contributed by atoms with Crippen molar-refractivity contribution in [1.29, 1.82) is 0 Å². The first kappa shape index (κ1) is 15.3. The summed E-state index contributed by atoms with van der Waals surface area (Å²) in [5.41, 5.74) is 0. The molecule has 1 saturated carbocycles. The normalized spacial score (nSPS) is 30.7. The number of carbonyl (C=O) groups is 1. The van der Waals surface area contributed by atoms with Crippen molar-refractivity contribution in [2.75, 3.05) is 13.2 Å². The molecule has 19 heavy (non-hydrogen) atoms. The molecule has 0 aromatic rings. The maximum Gasteiger partial charge on any atom is 0.317 e. The van der Waals surface area contributed by atoms with Crippen LogP contribution in [0.25, 0.3) is 0 Å². The third kappa shape index (κ3) is 3.70.